The van der Waals surface area contributed by atoms with Gasteiger partial charge in [-0.3, -0.25) is 9.13 Å². The van der Waals surface area contributed by atoms with E-state index in [1.807, 2.05) is 18.7 Å². The van der Waals surface area contributed by atoms with Crippen molar-refractivity contribution < 1.29 is 41.9 Å². The Morgan fingerprint density at radius 2 is 1.00 bits per heavy atom. The van der Waals surface area contributed by atoms with Gasteiger partial charge in [-0.1, -0.05) is 13.8 Å². The molecule has 4 fully saturated rings. The average Bonchev–Trinajstić information content (AvgIpc) is 3.00. The van der Waals surface area contributed by atoms with E-state index in [0.29, 0.717) is 125 Å². The lowest BCUT2D eigenvalue weighted by Crippen LogP contribution is -2.45. The molecule has 4 aliphatic rings. The molecule has 234 valence electrons. The van der Waals surface area contributed by atoms with Gasteiger partial charge >= 0.3 is 15.3 Å². The Balaban J connectivity index is 1.41. The minimum absolute atomic E-state index is 0.0605. The minimum Gasteiger partial charge on any atom is -0.384 e. The van der Waals surface area contributed by atoms with Crippen LogP contribution in [0.1, 0.15) is 20.3 Å². The van der Waals surface area contributed by atoms with Gasteiger partial charge < -0.3 is 32.7 Å². The quantitative estimate of drug-likeness (QED) is 0.268. The van der Waals surface area contributed by atoms with E-state index in [2.05, 4.69) is 13.8 Å². The first-order valence-corrected chi connectivity index (χ1v) is 17.7. The topological polar surface area (TPSA) is 112 Å². The van der Waals surface area contributed by atoms with Gasteiger partial charge in [-0.2, -0.15) is 0 Å². The van der Waals surface area contributed by atoms with Crippen LogP contribution in [0, 0.1) is 11.3 Å². The minimum atomic E-state index is -3.27. The zero-order valence-corrected chi connectivity index (χ0v) is 26.4. The predicted octanol–water partition coefficient (Wildman–Crippen LogP) is 2.24. The molecule has 0 aromatic carbocycles. The monoisotopic (exact) mass is 612 g/mol. The van der Waals surface area contributed by atoms with Crippen molar-refractivity contribution >= 4 is 15.3 Å². The molecule has 0 radical (unpaired) electrons. The van der Waals surface area contributed by atoms with Gasteiger partial charge in [0, 0.05) is 64.9 Å². The van der Waals surface area contributed by atoms with Gasteiger partial charge in [0.15, 0.2) is 0 Å². The summed E-state index contributed by atoms with van der Waals surface area (Å²) in [4.78, 5) is 0. The molecule has 4 heterocycles. The third-order valence-electron chi connectivity index (χ3n) is 7.82. The Morgan fingerprint density at radius 1 is 0.650 bits per heavy atom. The zero-order valence-electron chi connectivity index (χ0n) is 24.6. The summed E-state index contributed by atoms with van der Waals surface area (Å²) in [6.07, 6.45) is 0.694. The second kappa shape index (κ2) is 15.7. The largest absolute Gasteiger partial charge is 0.384 e. The SMILES string of the molecule is COC[C@](C)(COP(=O)(N1CCOCC1)N1CCOCC1)C[C@H](C)COP(=O)(N1CCOCC1)N1CCOCC1. The maximum atomic E-state index is 14.5. The fraction of sp³-hybridized carbons (Fsp3) is 1.00. The summed E-state index contributed by atoms with van der Waals surface area (Å²) in [5, 5.41) is 0. The lowest BCUT2D eigenvalue weighted by molar-refractivity contribution is 0.00479. The Morgan fingerprint density at radius 3 is 1.35 bits per heavy atom. The summed E-state index contributed by atoms with van der Waals surface area (Å²) in [5.41, 5.74) is -0.423. The van der Waals surface area contributed by atoms with Gasteiger partial charge in [-0.15, -0.1) is 0 Å². The van der Waals surface area contributed by atoms with Crippen LogP contribution in [0.4, 0.5) is 0 Å². The maximum Gasteiger partial charge on any atom is 0.346 e. The highest BCUT2D eigenvalue weighted by molar-refractivity contribution is 7.54. The zero-order chi connectivity index (χ0) is 28.5. The number of hydrogen-bond donors (Lipinski definition) is 0. The van der Waals surface area contributed by atoms with Crippen molar-refractivity contribution in [1.82, 2.24) is 18.7 Å². The fourth-order valence-corrected chi connectivity index (χ4v) is 10.8. The molecule has 4 aliphatic heterocycles. The van der Waals surface area contributed by atoms with Gasteiger partial charge in [0.05, 0.1) is 72.7 Å². The van der Waals surface area contributed by atoms with E-state index in [0.717, 1.165) is 0 Å². The van der Waals surface area contributed by atoms with Crippen LogP contribution >= 0.6 is 15.3 Å². The van der Waals surface area contributed by atoms with E-state index >= 15 is 0 Å². The van der Waals surface area contributed by atoms with Crippen molar-refractivity contribution in [2.24, 2.45) is 11.3 Å². The number of rotatable bonds is 14. The van der Waals surface area contributed by atoms with Crippen LogP contribution in [-0.2, 0) is 41.9 Å². The van der Waals surface area contributed by atoms with E-state index in [1.165, 1.54) is 0 Å². The molecule has 4 saturated heterocycles. The van der Waals surface area contributed by atoms with Crippen molar-refractivity contribution in [3.05, 3.63) is 0 Å². The third kappa shape index (κ3) is 8.56. The molecule has 0 unspecified atom stereocenters. The molecule has 0 aromatic rings. The first kappa shape index (κ1) is 32.9. The lowest BCUT2D eigenvalue weighted by Gasteiger charge is -2.43. The molecule has 40 heavy (non-hydrogen) atoms. The summed E-state index contributed by atoms with van der Waals surface area (Å²) in [7, 11) is -4.82. The molecular formula is C25H50N4O9P2. The van der Waals surface area contributed by atoms with Crippen LogP contribution < -0.4 is 0 Å². The molecule has 13 nitrogen and oxygen atoms in total. The molecule has 2 atom stereocenters. The highest BCUT2D eigenvalue weighted by Crippen LogP contribution is 2.57. The van der Waals surface area contributed by atoms with E-state index in [4.69, 9.17) is 32.7 Å². The van der Waals surface area contributed by atoms with Crippen LogP contribution in [0.5, 0.6) is 0 Å². The van der Waals surface area contributed by atoms with Crippen molar-refractivity contribution in [2.45, 2.75) is 20.3 Å². The number of ether oxygens (including phenoxy) is 5. The molecule has 0 aromatic heterocycles. The second-order valence-electron chi connectivity index (χ2n) is 11.4. The van der Waals surface area contributed by atoms with Crippen molar-refractivity contribution in [2.75, 3.05) is 132 Å². The van der Waals surface area contributed by atoms with E-state index in [-0.39, 0.29) is 12.5 Å². The lowest BCUT2D eigenvalue weighted by atomic mass is 9.83. The maximum absolute atomic E-state index is 14.5. The summed E-state index contributed by atoms with van der Waals surface area (Å²) in [5.74, 6) is 0.0605. The summed E-state index contributed by atoms with van der Waals surface area (Å²) in [6, 6.07) is 0. The Kier molecular flexibility index (Phi) is 12.9. The highest BCUT2D eigenvalue weighted by atomic mass is 31.2. The smallest absolute Gasteiger partial charge is 0.346 e. The van der Waals surface area contributed by atoms with E-state index in [1.54, 1.807) is 7.11 Å². The van der Waals surface area contributed by atoms with Crippen molar-refractivity contribution in [3.63, 3.8) is 0 Å². The normalized spacial score (nSPS) is 26.0. The molecule has 0 aliphatic carbocycles. The van der Waals surface area contributed by atoms with E-state index in [9.17, 15) is 9.13 Å². The van der Waals surface area contributed by atoms with Gasteiger partial charge in [0.1, 0.15) is 0 Å². The van der Waals surface area contributed by atoms with Crippen molar-refractivity contribution in [1.29, 1.82) is 0 Å². The molecule has 0 amide bonds. The summed E-state index contributed by atoms with van der Waals surface area (Å²) >= 11 is 0. The van der Waals surface area contributed by atoms with Gasteiger partial charge in [-0.05, 0) is 12.3 Å². The molecule has 0 bridgehead atoms. The van der Waals surface area contributed by atoms with E-state index < -0.39 is 20.8 Å². The number of nitrogens with zero attached hydrogens (tertiary/aromatic N) is 4. The fourth-order valence-electron chi connectivity index (χ4n) is 5.78. The molecule has 4 rings (SSSR count). The molecule has 0 saturated carbocycles. The summed E-state index contributed by atoms with van der Waals surface area (Å²) in [6.45, 7) is 14.1. The number of hydrogen-bond acceptors (Lipinski definition) is 9. The molecule has 0 N–H and O–H groups in total. The third-order valence-corrected chi connectivity index (χ3v) is 13.2. The van der Waals surface area contributed by atoms with Gasteiger partial charge in [0.2, 0.25) is 0 Å². The Hall–Kier alpha value is 0.0200. The van der Waals surface area contributed by atoms with Gasteiger partial charge in [0.25, 0.3) is 0 Å². The van der Waals surface area contributed by atoms with Crippen LogP contribution in [0.3, 0.4) is 0 Å². The standard InChI is InChI=1S/C25H50N4O9P2/c1-24(21-37-39(30,26-4-12-33-13-5-26)27-6-14-34-15-7-27)20-25(2,22-32-3)23-38-40(31,28-8-16-35-17-9-28)29-10-18-36-19-11-29/h24H,4-23H2,1-3H3/t24-,25+/m0/s1. The Labute approximate surface area is 239 Å². The molecular weight excluding hydrogens is 562 g/mol. The average molecular weight is 613 g/mol. The second-order valence-corrected chi connectivity index (χ2v) is 16.1. The van der Waals surface area contributed by atoms with Crippen LogP contribution in [0.2, 0.25) is 0 Å². The highest BCUT2D eigenvalue weighted by Gasteiger charge is 2.44. The van der Waals surface area contributed by atoms with Crippen LogP contribution in [0.15, 0.2) is 0 Å². The molecule has 15 heteroatoms. The van der Waals surface area contributed by atoms with Crippen LogP contribution in [0.25, 0.3) is 0 Å². The number of methoxy groups -OCH3 is 1. The summed E-state index contributed by atoms with van der Waals surface area (Å²) < 4.78 is 77.0. The van der Waals surface area contributed by atoms with Gasteiger partial charge in [-0.25, -0.2) is 18.7 Å². The predicted molar refractivity (Wildman–Crippen MR) is 150 cm³/mol. The van der Waals surface area contributed by atoms with Crippen LogP contribution in [-0.4, -0.2) is 151 Å². The molecule has 0 spiro atoms. The number of morpholine rings is 4. The first-order chi connectivity index (χ1) is 19.3. The Bertz CT molecular complexity index is 806. The first-order valence-electron chi connectivity index (χ1n) is 14.6. The van der Waals surface area contributed by atoms with Crippen molar-refractivity contribution in [3.8, 4) is 0 Å².